The van der Waals surface area contributed by atoms with Crippen LogP contribution in [0.15, 0.2) is 134 Å². The number of aromatic nitrogens is 3. The number of fused-ring (bicyclic) bond motifs is 4. The highest BCUT2D eigenvalue weighted by Crippen LogP contribution is 2.42. The van der Waals surface area contributed by atoms with Crippen LogP contribution >= 0.6 is 7.14 Å². The van der Waals surface area contributed by atoms with Crippen molar-refractivity contribution in [3.63, 3.8) is 0 Å². The summed E-state index contributed by atoms with van der Waals surface area (Å²) in [5.41, 5.74) is 5.20. The molecule has 0 bridgehead atoms. The van der Waals surface area contributed by atoms with E-state index in [9.17, 15) is 4.57 Å². The summed E-state index contributed by atoms with van der Waals surface area (Å²) in [6.45, 7) is 0. The van der Waals surface area contributed by atoms with E-state index in [0.29, 0.717) is 5.30 Å². The molecule has 0 saturated heterocycles. The van der Waals surface area contributed by atoms with Gasteiger partial charge in [-0.2, -0.15) is 0 Å². The van der Waals surface area contributed by atoms with Crippen molar-refractivity contribution in [2.75, 3.05) is 0 Å². The van der Waals surface area contributed by atoms with E-state index in [0.717, 1.165) is 54.7 Å². The summed E-state index contributed by atoms with van der Waals surface area (Å²) in [6, 6.07) is 41.5. The molecule has 0 amide bonds. The van der Waals surface area contributed by atoms with E-state index in [2.05, 4.69) is 18.2 Å². The molecule has 180 valence electrons. The van der Waals surface area contributed by atoms with Crippen molar-refractivity contribution in [3.8, 4) is 11.3 Å². The number of rotatable bonds is 4. The second-order valence-electron chi connectivity index (χ2n) is 9.23. The number of hydrogen-bond donors (Lipinski definition) is 0. The minimum absolute atomic E-state index is 0.703. The molecule has 4 nitrogen and oxygen atoms in total. The molecule has 2 heterocycles. The molecule has 7 aromatic rings. The van der Waals surface area contributed by atoms with Gasteiger partial charge in [-0.25, -0.2) is 9.97 Å². The summed E-state index contributed by atoms with van der Waals surface area (Å²) in [4.78, 5) is 14.7. The molecule has 5 heteroatoms. The summed E-state index contributed by atoms with van der Waals surface area (Å²) in [5, 5.41) is 4.37. The topological polar surface area (TPSA) is 55.7 Å². The molecule has 0 aliphatic carbocycles. The number of pyridine rings is 1. The highest BCUT2D eigenvalue weighted by molar-refractivity contribution is 7.85. The van der Waals surface area contributed by atoms with E-state index in [1.807, 2.05) is 109 Å². The van der Waals surface area contributed by atoms with E-state index in [4.69, 9.17) is 15.0 Å². The van der Waals surface area contributed by atoms with E-state index < -0.39 is 7.14 Å². The van der Waals surface area contributed by atoms with Crippen LogP contribution in [0, 0.1) is 0 Å². The molecule has 0 fully saturated rings. The lowest BCUT2D eigenvalue weighted by molar-refractivity contribution is 0.592. The Morgan fingerprint density at radius 3 is 1.71 bits per heavy atom. The lowest BCUT2D eigenvalue weighted by Crippen LogP contribution is -2.25. The zero-order valence-electron chi connectivity index (χ0n) is 20.4. The Morgan fingerprint density at radius 1 is 0.500 bits per heavy atom. The van der Waals surface area contributed by atoms with Gasteiger partial charge in [0.15, 0.2) is 7.14 Å². The van der Waals surface area contributed by atoms with Crippen molar-refractivity contribution in [2.45, 2.75) is 0 Å². The van der Waals surface area contributed by atoms with Crippen LogP contribution in [-0.2, 0) is 4.57 Å². The molecule has 0 N–H and O–H groups in total. The lowest BCUT2D eigenvalue weighted by atomic mass is 9.99. The fourth-order valence-corrected chi connectivity index (χ4v) is 7.70. The maximum absolute atomic E-state index is 14.7. The fourth-order valence-electron chi connectivity index (χ4n) is 5.12. The Bertz CT molecular complexity index is 1950. The summed E-state index contributed by atoms with van der Waals surface area (Å²) < 4.78 is 14.7. The van der Waals surface area contributed by atoms with Gasteiger partial charge in [0.25, 0.3) is 0 Å². The SMILES string of the molecule is O=P(c1ccccc1)(c1ccccc1)c1ccc(-c2cc3nc4ccccc4nc3c3ccccc23)nc1. The van der Waals surface area contributed by atoms with Crippen LogP contribution in [0.1, 0.15) is 0 Å². The number of benzene rings is 5. The van der Waals surface area contributed by atoms with Gasteiger partial charge in [-0.05, 0) is 35.7 Å². The van der Waals surface area contributed by atoms with E-state index >= 15 is 0 Å². The quantitative estimate of drug-likeness (QED) is 0.152. The molecule has 5 aromatic carbocycles. The van der Waals surface area contributed by atoms with Crippen molar-refractivity contribution in [3.05, 3.63) is 134 Å². The Morgan fingerprint density at radius 2 is 1.08 bits per heavy atom. The Kier molecular flexibility index (Phi) is 5.35. The van der Waals surface area contributed by atoms with E-state index in [1.165, 1.54) is 0 Å². The maximum Gasteiger partial charge on any atom is 0.172 e. The normalized spacial score (nSPS) is 11.8. The van der Waals surface area contributed by atoms with Crippen molar-refractivity contribution >= 4 is 55.9 Å². The van der Waals surface area contributed by atoms with Gasteiger partial charge in [0.05, 0.1) is 27.8 Å². The molecule has 0 spiro atoms. The summed E-state index contributed by atoms with van der Waals surface area (Å²) in [7, 11) is -3.09. The van der Waals surface area contributed by atoms with Crippen LogP contribution in [-0.4, -0.2) is 15.0 Å². The smallest absolute Gasteiger partial charge is 0.172 e. The number of nitrogens with zero attached hydrogens (tertiary/aromatic N) is 3. The van der Waals surface area contributed by atoms with Crippen LogP contribution in [0.2, 0.25) is 0 Å². The second kappa shape index (κ2) is 9.02. The highest BCUT2D eigenvalue weighted by Gasteiger charge is 2.30. The average Bonchev–Trinajstić information content (AvgIpc) is 3.00. The van der Waals surface area contributed by atoms with Crippen LogP contribution < -0.4 is 15.9 Å². The largest absolute Gasteiger partial charge is 0.309 e. The molecule has 0 aliphatic heterocycles. The van der Waals surface area contributed by atoms with Gasteiger partial charge in [0.2, 0.25) is 0 Å². The summed E-state index contributed by atoms with van der Waals surface area (Å²) in [6.07, 6.45) is 1.77. The van der Waals surface area contributed by atoms with Gasteiger partial charge in [-0.15, -0.1) is 0 Å². The van der Waals surface area contributed by atoms with Crippen LogP contribution in [0.4, 0.5) is 0 Å². The average molecular weight is 508 g/mol. The molecule has 0 unspecified atom stereocenters. The number of para-hydroxylation sites is 2. The zero-order valence-corrected chi connectivity index (χ0v) is 21.3. The van der Waals surface area contributed by atoms with Crippen molar-refractivity contribution in [1.82, 2.24) is 15.0 Å². The Hall–Kier alpha value is -4.66. The minimum Gasteiger partial charge on any atom is -0.309 e. The predicted octanol–water partition coefficient (Wildman–Crippen LogP) is 6.64. The van der Waals surface area contributed by atoms with E-state index in [1.54, 1.807) is 6.20 Å². The van der Waals surface area contributed by atoms with E-state index in [-0.39, 0.29) is 0 Å². The van der Waals surface area contributed by atoms with Crippen LogP contribution in [0.5, 0.6) is 0 Å². The summed E-state index contributed by atoms with van der Waals surface area (Å²) in [5.74, 6) is 0. The molecule has 38 heavy (non-hydrogen) atoms. The number of hydrogen-bond acceptors (Lipinski definition) is 4. The molecule has 0 radical (unpaired) electrons. The zero-order chi connectivity index (χ0) is 25.5. The van der Waals surface area contributed by atoms with Crippen LogP contribution in [0.3, 0.4) is 0 Å². The molecule has 0 aliphatic rings. The fraction of sp³-hybridized carbons (Fsp3) is 0. The van der Waals surface area contributed by atoms with Gasteiger partial charge >= 0.3 is 0 Å². The molecule has 0 atom stereocenters. The summed E-state index contributed by atoms with van der Waals surface area (Å²) >= 11 is 0. The van der Waals surface area contributed by atoms with Gasteiger partial charge in [-0.3, -0.25) is 4.98 Å². The molecular weight excluding hydrogens is 485 g/mol. The van der Waals surface area contributed by atoms with Crippen molar-refractivity contribution in [1.29, 1.82) is 0 Å². The van der Waals surface area contributed by atoms with Crippen molar-refractivity contribution < 1.29 is 4.57 Å². The van der Waals surface area contributed by atoms with Gasteiger partial charge < -0.3 is 4.57 Å². The molecule has 2 aromatic heterocycles. The predicted molar refractivity (Wildman–Crippen MR) is 157 cm³/mol. The van der Waals surface area contributed by atoms with Gasteiger partial charge in [-0.1, -0.05) is 97.1 Å². The first-order valence-corrected chi connectivity index (χ1v) is 14.2. The molecular formula is C33H22N3OP. The highest BCUT2D eigenvalue weighted by atomic mass is 31.2. The third-order valence-corrected chi connectivity index (χ3v) is 10.0. The standard InChI is InChI=1S/C33H22N3OP/c37-38(23-11-3-1-4-12-23,24-13-5-2-6-14-24)25-19-20-29(34-22-25)28-21-32-33(27-16-8-7-15-26(27)28)36-31-18-10-9-17-30(31)35-32/h1-22H. The minimum atomic E-state index is -3.09. The third kappa shape index (κ3) is 3.61. The van der Waals surface area contributed by atoms with Gasteiger partial charge in [0, 0.05) is 33.1 Å². The Labute approximate surface area is 220 Å². The maximum atomic E-state index is 14.7. The Balaban J connectivity index is 1.42. The molecule has 0 saturated carbocycles. The van der Waals surface area contributed by atoms with Gasteiger partial charge in [0.1, 0.15) is 0 Å². The molecule has 7 rings (SSSR count). The monoisotopic (exact) mass is 507 g/mol. The first-order valence-electron chi connectivity index (χ1n) is 12.5. The van der Waals surface area contributed by atoms with Crippen molar-refractivity contribution in [2.24, 2.45) is 0 Å². The first kappa shape index (κ1) is 22.5. The van der Waals surface area contributed by atoms with Crippen LogP contribution in [0.25, 0.3) is 44.1 Å². The first-order chi connectivity index (χ1) is 18.7. The third-order valence-electron chi connectivity index (χ3n) is 6.98. The lowest BCUT2D eigenvalue weighted by Gasteiger charge is -2.20. The second-order valence-corrected chi connectivity index (χ2v) is 12.0.